The summed E-state index contributed by atoms with van der Waals surface area (Å²) in [4.78, 5) is 24.0. The lowest BCUT2D eigenvalue weighted by Gasteiger charge is -2.30. The Morgan fingerprint density at radius 2 is 2.12 bits per heavy atom. The third-order valence-electron chi connectivity index (χ3n) is 2.31. The lowest BCUT2D eigenvalue weighted by molar-refractivity contribution is -0.160. The number of carbonyl (C=O) groups is 2. The quantitative estimate of drug-likeness (QED) is 0.543. The molecule has 0 aromatic rings. The van der Waals surface area contributed by atoms with Crippen LogP contribution in [-0.4, -0.2) is 40.7 Å². The number of halogens is 1. The molecular weight excluding hydrogens is 234 g/mol. The topological polar surface area (TPSA) is 55.8 Å². The highest BCUT2D eigenvalue weighted by molar-refractivity contribution is 6.30. The van der Waals surface area contributed by atoms with Crippen LogP contribution in [0, 0.1) is 0 Å². The SMILES string of the molecule is CC(=O)OC(Cl)C(=O)N1CC(C)OC1(C)C. The normalized spacial score (nSPS) is 25.3. The van der Waals surface area contributed by atoms with Crippen molar-refractivity contribution in [3.8, 4) is 0 Å². The van der Waals surface area contributed by atoms with Crippen LogP contribution in [-0.2, 0) is 19.1 Å². The molecule has 0 aromatic carbocycles. The van der Waals surface area contributed by atoms with Crippen molar-refractivity contribution in [2.24, 2.45) is 0 Å². The fraction of sp³-hybridized carbons (Fsp3) is 0.800. The largest absolute Gasteiger partial charge is 0.436 e. The second-order valence-electron chi connectivity index (χ2n) is 4.25. The van der Waals surface area contributed by atoms with Crippen molar-refractivity contribution in [1.82, 2.24) is 4.90 Å². The smallest absolute Gasteiger partial charge is 0.304 e. The predicted molar refractivity (Wildman–Crippen MR) is 57.7 cm³/mol. The molecule has 16 heavy (non-hydrogen) atoms. The summed E-state index contributed by atoms with van der Waals surface area (Å²) >= 11 is 5.69. The third-order valence-corrected chi connectivity index (χ3v) is 2.58. The molecular formula is C10H16ClNO4. The monoisotopic (exact) mass is 249 g/mol. The Hall–Kier alpha value is -0.810. The van der Waals surface area contributed by atoms with E-state index < -0.39 is 23.2 Å². The van der Waals surface area contributed by atoms with E-state index >= 15 is 0 Å². The van der Waals surface area contributed by atoms with Crippen LogP contribution in [0.5, 0.6) is 0 Å². The number of rotatable bonds is 2. The molecule has 0 N–H and O–H groups in total. The molecule has 1 heterocycles. The maximum atomic E-state index is 11.9. The molecule has 0 radical (unpaired) electrons. The summed E-state index contributed by atoms with van der Waals surface area (Å²) < 4.78 is 10.2. The summed E-state index contributed by atoms with van der Waals surface area (Å²) in [5.41, 5.74) is -2.00. The van der Waals surface area contributed by atoms with Crippen molar-refractivity contribution in [2.45, 2.75) is 45.1 Å². The van der Waals surface area contributed by atoms with Crippen LogP contribution in [0.1, 0.15) is 27.7 Å². The number of hydrogen-bond donors (Lipinski definition) is 0. The van der Waals surface area contributed by atoms with Gasteiger partial charge in [0.15, 0.2) is 0 Å². The van der Waals surface area contributed by atoms with Gasteiger partial charge in [0.25, 0.3) is 11.5 Å². The van der Waals surface area contributed by atoms with Crippen molar-refractivity contribution in [2.75, 3.05) is 6.54 Å². The third kappa shape index (κ3) is 2.86. The fourth-order valence-corrected chi connectivity index (χ4v) is 1.99. The molecule has 0 spiro atoms. The van der Waals surface area contributed by atoms with E-state index in [1.165, 1.54) is 11.8 Å². The Morgan fingerprint density at radius 1 is 1.56 bits per heavy atom. The molecule has 0 aromatic heterocycles. The molecule has 0 saturated carbocycles. The highest BCUT2D eigenvalue weighted by Crippen LogP contribution is 2.27. The van der Waals surface area contributed by atoms with E-state index in [1.807, 2.05) is 6.92 Å². The maximum absolute atomic E-state index is 11.9. The van der Waals surface area contributed by atoms with Gasteiger partial charge in [-0.25, -0.2) is 0 Å². The zero-order valence-corrected chi connectivity index (χ0v) is 10.6. The Morgan fingerprint density at radius 3 is 2.50 bits per heavy atom. The minimum absolute atomic E-state index is 0.0554. The number of esters is 1. The van der Waals surface area contributed by atoms with Crippen molar-refractivity contribution in [1.29, 1.82) is 0 Å². The minimum Gasteiger partial charge on any atom is -0.436 e. The summed E-state index contributed by atoms with van der Waals surface area (Å²) in [5, 5.41) is 0. The molecule has 1 saturated heterocycles. The average Bonchev–Trinajstić information content (AvgIpc) is 2.36. The van der Waals surface area contributed by atoms with Gasteiger partial charge in [0.2, 0.25) is 0 Å². The van der Waals surface area contributed by atoms with Crippen molar-refractivity contribution in [3.63, 3.8) is 0 Å². The van der Waals surface area contributed by atoms with E-state index in [2.05, 4.69) is 4.74 Å². The highest BCUT2D eigenvalue weighted by atomic mass is 35.5. The lowest BCUT2D eigenvalue weighted by Crippen LogP contribution is -2.47. The van der Waals surface area contributed by atoms with Crippen LogP contribution in [0.2, 0.25) is 0 Å². The van der Waals surface area contributed by atoms with Gasteiger partial charge in [-0.05, 0) is 20.8 Å². The molecule has 1 fully saturated rings. The highest BCUT2D eigenvalue weighted by Gasteiger charge is 2.43. The number of amides is 1. The summed E-state index contributed by atoms with van der Waals surface area (Å²) in [7, 11) is 0. The van der Waals surface area contributed by atoms with Gasteiger partial charge in [0.1, 0.15) is 5.72 Å². The van der Waals surface area contributed by atoms with Crippen molar-refractivity contribution >= 4 is 23.5 Å². The second kappa shape index (κ2) is 4.59. The van der Waals surface area contributed by atoms with Gasteiger partial charge in [0.05, 0.1) is 6.10 Å². The van der Waals surface area contributed by atoms with Crippen molar-refractivity contribution < 1.29 is 19.1 Å². The summed E-state index contributed by atoms with van der Waals surface area (Å²) in [6.07, 6.45) is -0.0554. The van der Waals surface area contributed by atoms with Crippen LogP contribution >= 0.6 is 11.6 Å². The zero-order valence-electron chi connectivity index (χ0n) is 9.82. The number of alkyl halides is 1. The van der Waals surface area contributed by atoms with Crippen LogP contribution in [0.25, 0.3) is 0 Å². The second-order valence-corrected chi connectivity index (χ2v) is 4.65. The maximum Gasteiger partial charge on any atom is 0.304 e. The van der Waals surface area contributed by atoms with Crippen LogP contribution in [0.4, 0.5) is 0 Å². The molecule has 1 aliphatic rings. The minimum atomic E-state index is -1.29. The number of hydrogen-bond acceptors (Lipinski definition) is 4. The number of nitrogens with zero attached hydrogens (tertiary/aromatic N) is 1. The van der Waals surface area contributed by atoms with Gasteiger partial charge in [-0.15, -0.1) is 0 Å². The molecule has 1 aliphatic heterocycles. The van der Waals surface area contributed by atoms with Gasteiger partial charge in [0, 0.05) is 13.5 Å². The first kappa shape index (κ1) is 13.3. The van der Waals surface area contributed by atoms with E-state index in [-0.39, 0.29) is 6.10 Å². The van der Waals surface area contributed by atoms with E-state index in [4.69, 9.17) is 16.3 Å². The van der Waals surface area contributed by atoms with Crippen LogP contribution < -0.4 is 0 Å². The Labute approximate surface area is 99.6 Å². The number of ether oxygens (including phenoxy) is 2. The molecule has 2 unspecified atom stereocenters. The van der Waals surface area contributed by atoms with Gasteiger partial charge in [-0.1, -0.05) is 11.6 Å². The van der Waals surface area contributed by atoms with Crippen LogP contribution in [0.15, 0.2) is 0 Å². The first-order valence-electron chi connectivity index (χ1n) is 5.04. The van der Waals surface area contributed by atoms with E-state index in [9.17, 15) is 9.59 Å². The van der Waals surface area contributed by atoms with Crippen molar-refractivity contribution in [3.05, 3.63) is 0 Å². The molecule has 92 valence electrons. The Bertz CT molecular complexity index is 305. The summed E-state index contributed by atoms with van der Waals surface area (Å²) in [6, 6.07) is 0. The summed E-state index contributed by atoms with van der Waals surface area (Å²) in [5.74, 6) is -1.04. The zero-order chi connectivity index (χ0) is 12.5. The Kier molecular flexibility index (Phi) is 3.80. The van der Waals surface area contributed by atoms with Gasteiger partial charge < -0.3 is 14.4 Å². The summed E-state index contributed by atoms with van der Waals surface area (Å²) in [6.45, 7) is 7.05. The molecule has 0 aliphatic carbocycles. The molecule has 1 amide bonds. The van der Waals surface area contributed by atoms with Gasteiger partial charge >= 0.3 is 5.97 Å². The predicted octanol–water partition coefficient (Wildman–Crippen LogP) is 1.10. The standard InChI is InChI=1S/C10H16ClNO4/c1-6-5-12(10(3,4)16-6)9(14)8(11)15-7(2)13/h6,8H,5H2,1-4H3. The first-order valence-corrected chi connectivity index (χ1v) is 5.48. The van der Waals surface area contributed by atoms with E-state index in [1.54, 1.807) is 13.8 Å². The van der Waals surface area contributed by atoms with E-state index in [0.29, 0.717) is 6.54 Å². The molecule has 6 heteroatoms. The lowest BCUT2D eigenvalue weighted by atomic mass is 10.2. The van der Waals surface area contributed by atoms with Crippen LogP contribution in [0.3, 0.4) is 0 Å². The molecule has 0 bridgehead atoms. The molecule has 2 atom stereocenters. The first-order chi connectivity index (χ1) is 7.24. The average molecular weight is 250 g/mol. The van der Waals surface area contributed by atoms with Gasteiger partial charge in [-0.2, -0.15) is 0 Å². The number of carbonyl (C=O) groups excluding carboxylic acids is 2. The Balaban J connectivity index is 2.70. The van der Waals surface area contributed by atoms with Gasteiger partial charge in [-0.3, -0.25) is 9.59 Å². The fourth-order valence-electron chi connectivity index (χ4n) is 1.74. The van der Waals surface area contributed by atoms with E-state index in [0.717, 1.165) is 0 Å². The molecule has 5 nitrogen and oxygen atoms in total. The molecule has 1 rings (SSSR count).